The zero-order valence-corrected chi connectivity index (χ0v) is 18.2. The Kier molecular flexibility index (Phi) is 6.24. The molecular formula is C21H19BrN2O4S. The van der Waals surface area contributed by atoms with Crippen molar-refractivity contribution in [3.8, 4) is 5.75 Å². The summed E-state index contributed by atoms with van der Waals surface area (Å²) in [7, 11) is -2.40. The van der Waals surface area contributed by atoms with Crippen molar-refractivity contribution >= 4 is 43.2 Å². The maximum atomic E-state index is 12.8. The number of methoxy groups -OCH3 is 1. The molecule has 8 heteroatoms. The van der Waals surface area contributed by atoms with Gasteiger partial charge in [-0.25, -0.2) is 8.42 Å². The lowest BCUT2D eigenvalue weighted by Gasteiger charge is -2.14. The number of hydrogen-bond acceptors (Lipinski definition) is 4. The summed E-state index contributed by atoms with van der Waals surface area (Å²) < 4.78 is 34.2. The molecule has 0 unspecified atom stereocenters. The van der Waals surface area contributed by atoms with Crippen molar-refractivity contribution in [1.29, 1.82) is 0 Å². The molecule has 0 aliphatic rings. The van der Waals surface area contributed by atoms with Crippen LogP contribution in [0, 0.1) is 6.92 Å². The van der Waals surface area contributed by atoms with Gasteiger partial charge in [0.2, 0.25) is 0 Å². The van der Waals surface area contributed by atoms with E-state index in [9.17, 15) is 13.2 Å². The minimum atomic E-state index is -3.85. The quantitative estimate of drug-likeness (QED) is 0.536. The van der Waals surface area contributed by atoms with Gasteiger partial charge in [-0.15, -0.1) is 0 Å². The van der Waals surface area contributed by atoms with Crippen LogP contribution in [-0.4, -0.2) is 21.4 Å². The Bertz CT molecular complexity index is 1150. The van der Waals surface area contributed by atoms with Crippen molar-refractivity contribution in [2.45, 2.75) is 11.8 Å². The van der Waals surface area contributed by atoms with Crippen molar-refractivity contribution < 1.29 is 17.9 Å². The number of amides is 1. The Hall–Kier alpha value is -2.84. The van der Waals surface area contributed by atoms with Gasteiger partial charge in [0.1, 0.15) is 5.75 Å². The topological polar surface area (TPSA) is 84.5 Å². The van der Waals surface area contributed by atoms with Crippen molar-refractivity contribution in [3.05, 3.63) is 82.3 Å². The fraction of sp³-hybridized carbons (Fsp3) is 0.0952. The summed E-state index contributed by atoms with van der Waals surface area (Å²) in [6.07, 6.45) is 0. The van der Waals surface area contributed by atoms with Gasteiger partial charge in [-0.3, -0.25) is 9.52 Å². The highest BCUT2D eigenvalue weighted by Gasteiger charge is 2.19. The van der Waals surface area contributed by atoms with Gasteiger partial charge in [0.15, 0.2) is 0 Å². The minimum Gasteiger partial charge on any atom is -0.495 e. The standard InChI is InChI=1S/C21H19BrN2O4S/c1-14-5-3-4-6-18(14)21(25)23-19-13-17(11-12-20(19)28-2)29(26,27)24-16-9-7-15(22)8-10-16/h3-13,24H,1-2H3,(H,23,25). The van der Waals surface area contributed by atoms with Gasteiger partial charge in [-0.1, -0.05) is 34.1 Å². The van der Waals surface area contributed by atoms with E-state index in [1.807, 2.05) is 19.1 Å². The molecule has 29 heavy (non-hydrogen) atoms. The van der Waals surface area contributed by atoms with E-state index >= 15 is 0 Å². The van der Waals surface area contributed by atoms with Gasteiger partial charge < -0.3 is 10.1 Å². The van der Waals surface area contributed by atoms with Crippen LogP contribution in [0.2, 0.25) is 0 Å². The maximum absolute atomic E-state index is 12.8. The van der Waals surface area contributed by atoms with Crippen LogP contribution in [-0.2, 0) is 10.0 Å². The molecule has 0 heterocycles. The second-order valence-electron chi connectivity index (χ2n) is 6.24. The third-order valence-corrected chi connectivity index (χ3v) is 6.12. The number of halogens is 1. The van der Waals surface area contributed by atoms with E-state index in [2.05, 4.69) is 26.0 Å². The molecular weight excluding hydrogens is 456 g/mol. The first kappa shape index (κ1) is 20.9. The smallest absolute Gasteiger partial charge is 0.261 e. The van der Waals surface area contributed by atoms with Crippen molar-refractivity contribution in [3.63, 3.8) is 0 Å². The van der Waals surface area contributed by atoms with Gasteiger partial charge in [0.25, 0.3) is 15.9 Å². The second-order valence-corrected chi connectivity index (χ2v) is 8.84. The lowest BCUT2D eigenvalue weighted by molar-refractivity contribution is 0.102. The van der Waals surface area contributed by atoms with E-state index in [1.54, 1.807) is 36.4 Å². The average molecular weight is 475 g/mol. The summed E-state index contributed by atoms with van der Waals surface area (Å²) in [5, 5.41) is 2.74. The molecule has 2 N–H and O–H groups in total. The number of nitrogens with one attached hydrogen (secondary N) is 2. The first-order chi connectivity index (χ1) is 13.8. The Morgan fingerprint density at radius 3 is 2.34 bits per heavy atom. The predicted octanol–water partition coefficient (Wildman–Crippen LogP) is 4.82. The number of benzene rings is 3. The van der Waals surface area contributed by atoms with Gasteiger partial charge in [-0.2, -0.15) is 0 Å². The van der Waals surface area contributed by atoms with Crippen molar-refractivity contribution in [2.24, 2.45) is 0 Å². The molecule has 0 aliphatic heterocycles. The fourth-order valence-corrected chi connectivity index (χ4v) is 4.05. The van der Waals surface area contributed by atoms with E-state index in [0.29, 0.717) is 17.0 Å². The molecule has 0 atom stereocenters. The molecule has 0 spiro atoms. The van der Waals surface area contributed by atoms with Crippen LogP contribution in [0.4, 0.5) is 11.4 Å². The van der Waals surface area contributed by atoms with Gasteiger partial charge in [0, 0.05) is 15.7 Å². The molecule has 3 rings (SSSR count). The Morgan fingerprint density at radius 1 is 1.00 bits per heavy atom. The lowest BCUT2D eigenvalue weighted by Crippen LogP contribution is -2.16. The Morgan fingerprint density at radius 2 is 1.69 bits per heavy atom. The fourth-order valence-electron chi connectivity index (χ4n) is 2.70. The maximum Gasteiger partial charge on any atom is 0.261 e. The molecule has 3 aromatic rings. The summed E-state index contributed by atoms with van der Waals surface area (Å²) in [5.74, 6) is 0.00587. The summed E-state index contributed by atoms with van der Waals surface area (Å²) >= 11 is 3.31. The lowest BCUT2D eigenvalue weighted by atomic mass is 10.1. The number of carbonyl (C=O) groups is 1. The Balaban J connectivity index is 1.91. The molecule has 1 amide bonds. The number of hydrogen-bond donors (Lipinski definition) is 2. The minimum absolute atomic E-state index is 0.00121. The zero-order chi connectivity index (χ0) is 21.0. The number of sulfonamides is 1. The van der Waals surface area contributed by atoms with E-state index in [4.69, 9.17) is 4.74 Å². The number of anilines is 2. The molecule has 0 saturated heterocycles. The normalized spacial score (nSPS) is 11.0. The van der Waals surface area contributed by atoms with Gasteiger partial charge >= 0.3 is 0 Å². The number of aryl methyl sites for hydroxylation is 1. The summed E-state index contributed by atoms with van der Waals surface area (Å²) in [4.78, 5) is 12.7. The van der Waals surface area contributed by atoms with E-state index in [0.717, 1.165) is 10.0 Å². The van der Waals surface area contributed by atoms with Crippen LogP contribution in [0.3, 0.4) is 0 Å². The molecule has 0 fully saturated rings. The highest BCUT2D eigenvalue weighted by atomic mass is 79.9. The van der Waals surface area contributed by atoms with Gasteiger partial charge in [0.05, 0.1) is 17.7 Å². The highest BCUT2D eigenvalue weighted by molar-refractivity contribution is 9.10. The molecule has 6 nitrogen and oxygen atoms in total. The van der Waals surface area contributed by atoms with Crippen LogP contribution in [0.5, 0.6) is 5.75 Å². The average Bonchev–Trinajstić information content (AvgIpc) is 2.70. The zero-order valence-electron chi connectivity index (χ0n) is 15.8. The first-order valence-electron chi connectivity index (χ1n) is 8.63. The molecule has 0 aromatic heterocycles. The SMILES string of the molecule is COc1ccc(S(=O)(=O)Nc2ccc(Br)cc2)cc1NC(=O)c1ccccc1C. The number of rotatable bonds is 6. The van der Waals surface area contributed by atoms with E-state index in [1.165, 1.54) is 25.3 Å². The summed E-state index contributed by atoms with van der Waals surface area (Å²) in [6, 6.07) is 18.2. The van der Waals surface area contributed by atoms with Crippen LogP contribution in [0.1, 0.15) is 15.9 Å². The molecule has 150 valence electrons. The summed E-state index contributed by atoms with van der Waals surface area (Å²) in [6.45, 7) is 1.83. The molecule has 0 bridgehead atoms. The van der Waals surface area contributed by atoms with Crippen molar-refractivity contribution in [1.82, 2.24) is 0 Å². The van der Waals surface area contributed by atoms with E-state index < -0.39 is 10.0 Å². The molecule has 0 radical (unpaired) electrons. The Labute approximate surface area is 178 Å². The number of carbonyl (C=O) groups excluding carboxylic acids is 1. The predicted molar refractivity (Wildman–Crippen MR) is 117 cm³/mol. The first-order valence-corrected chi connectivity index (χ1v) is 10.9. The highest BCUT2D eigenvalue weighted by Crippen LogP contribution is 2.29. The van der Waals surface area contributed by atoms with Gasteiger partial charge in [-0.05, 0) is 61.0 Å². The van der Waals surface area contributed by atoms with Crippen LogP contribution >= 0.6 is 15.9 Å². The van der Waals surface area contributed by atoms with Crippen LogP contribution in [0.25, 0.3) is 0 Å². The second kappa shape index (κ2) is 8.67. The largest absolute Gasteiger partial charge is 0.495 e. The van der Waals surface area contributed by atoms with Crippen molar-refractivity contribution in [2.75, 3.05) is 17.1 Å². The number of ether oxygens (including phenoxy) is 1. The van der Waals surface area contributed by atoms with Crippen LogP contribution in [0.15, 0.2) is 76.1 Å². The van der Waals surface area contributed by atoms with E-state index in [-0.39, 0.29) is 16.5 Å². The molecule has 3 aromatic carbocycles. The van der Waals surface area contributed by atoms with Crippen LogP contribution < -0.4 is 14.8 Å². The summed E-state index contributed by atoms with van der Waals surface area (Å²) in [5.41, 5.74) is 1.99. The third kappa shape index (κ3) is 4.96. The monoisotopic (exact) mass is 474 g/mol. The molecule has 0 saturated carbocycles. The molecule has 0 aliphatic carbocycles. The third-order valence-electron chi connectivity index (χ3n) is 4.22.